The highest BCUT2D eigenvalue weighted by molar-refractivity contribution is 6.06. The van der Waals surface area contributed by atoms with Crippen LogP contribution in [0.15, 0.2) is 24.4 Å². The molecule has 2 aromatic rings. The first kappa shape index (κ1) is 15.1. The topological polar surface area (TPSA) is 87.3 Å². The van der Waals surface area contributed by atoms with Crippen molar-refractivity contribution in [2.24, 2.45) is 11.3 Å². The molecule has 0 aliphatic carbocycles. The van der Waals surface area contributed by atoms with Gasteiger partial charge in [0.05, 0.1) is 29.3 Å². The number of nitrogens with zero attached hydrogens (tertiary/aromatic N) is 2. The second-order valence-corrected chi connectivity index (χ2v) is 6.58. The number of amides is 2. The smallest absolute Gasteiger partial charge is 0.254 e. The first-order valence-corrected chi connectivity index (χ1v) is 8.17. The summed E-state index contributed by atoms with van der Waals surface area (Å²) in [5, 5.41) is 10.5. The van der Waals surface area contributed by atoms with E-state index in [-0.39, 0.29) is 17.7 Å². The van der Waals surface area contributed by atoms with Crippen LogP contribution in [0, 0.1) is 11.3 Å². The minimum atomic E-state index is -0.535. The third kappa shape index (κ3) is 2.11. The summed E-state index contributed by atoms with van der Waals surface area (Å²) in [4.78, 5) is 27.4. The standard InChI is InChI=1S/C17H20N4O3/c1-18-16(23)17-5-6-24-9-11(17)8-21(10-17)15(22)12-3-2-4-14-13(12)7-19-20-14/h2-4,7,11H,5-6,8-10H2,1H3,(H,18,23)(H,19,20)/t11-,17+/m1/s1. The Balaban J connectivity index is 1.67. The molecule has 0 bridgehead atoms. The van der Waals surface area contributed by atoms with Gasteiger partial charge in [0.25, 0.3) is 5.91 Å². The molecule has 2 amide bonds. The Morgan fingerprint density at radius 3 is 3.17 bits per heavy atom. The predicted molar refractivity (Wildman–Crippen MR) is 87.4 cm³/mol. The highest BCUT2D eigenvalue weighted by atomic mass is 16.5. The number of aromatic amines is 1. The van der Waals surface area contributed by atoms with Crippen molar-refractivity contribution in [3.63, 3.8) is 0 Å². The molecule has 1 aromatic heterocycles. The van der Waals surface area contributed by atoms with Gasteiger partial charge in [-0.2, -0.15) is 5.10 Å². The Hall–Kier alpha value is -2.41. The first-order chi connectivity index (χ1) is 11.7. The van der Waals surface area contributed by atoms with E-state index in [4.69, 9.17) is 4.74 Å². The summed E-state index contributed by atoms with van der Waals surface area (Å²) >= 11 is 0. The Kier molecular flexibility index (Phi) is 3.53. The number of nitrogens with one attached hydrogen (secondary N) is 2. The molecule has 7 heteroatoms. The van der Waals surface area contributed by atoms with E-state index in [1.54, 1.807) is 18.1 Å². The summed E-state index contributed by atoms with van der Waals surface area (Å²) in [5.74, 6) is -0.00833. The number of aromatic nitrogens is 2. The number of rotatable bonds is 2. The molecule has 0 spiro atoms. The minimum absolute atomic E-state index is 0.00706. The molecule has 0 radical (unpaired) electrons. The van der Waals surface area contributed by atoms with E-state index in [0.717, 1.165) is 10.9 Å². The fraction of sp³-hybridized carbons (Fsp3) is 0.471. The SMILES string of the molecule is CNC(=O)[C@]12CCOC[C@H]1CN(C(=O)c1cccc3[nH]ncc13)C2. The molecule has 2 atom stereocenters. The van der Waals surface area contributed by atoms with Gasteiger partial charge in [-0.25, -0.2) is 0 Å². The number of benzene rings is 1. The van der Waals surface area contributed by atoms with Crippen LogP contribution in [-0.2, 0) is 9.53 Å². The third-order valence-electron chi connectivity index (χ3n) is 5.39. The molecule has 126 valence electrons. The maximum atomic E-state index is 13.1. The summed E-state index contributed by atoms with van der Waals surface area (Å²) in [6.45, 7) is 2.06. The average molecular weight is 328 g/mol. The number of carbonyl (C=O) groups is 2. The van der Waals surface area contributed by atoms with Gasteiger partial charge in [0.1, 0.15) is 0 Å². The normalized spacial score (nSPS) is 26.4. The van der Waals surface area contributed by atoms with Crippen LogP contribution < -0.4 is 5.32 Å². The van der Waals surface area contributed by atoms with Crippen LogP contribution in [0.1, 0.15) is 16.8 Å². The number of hydrogen-bond acceptors (Lipinski definition) is 4. The maximum Gasteiger partial charge on any atom is 0.254 e. The summed E-state index contributed by atoms with van der Waals surface area (Å²) in [6, 6.07) is 5.54. The molecule has 2 aliphatic heterocycles. The Bertz CT molecular complexity index is 802. The zero-order chi connectivity index (χ0) is 16.7. The van der Waals surface area contributed by atoms with Crippen LogP contribution in [0.4, 0.5) is 0 Å². The van der Waals surface area contributed by atoms with Gasteiger partial charge in [0.2, 0.25) is 5.91 Å². The monoisotopic (exact) mass is 328 g/mol. The van der Waals surface area contributed by atoms with Gasteiger partial charge in [-0.3, -0.25) is 14.7 Å². The predicted octanol–water partition coefficient (Wildman–Crippen LogP) is 0.788. The molecule has 2 saturated heterocycles. The van der Waals surface area contributed by atoms with Crippen molar-refractivity contribution in [1.29, 1.82) is 0 Å². The van der Waals surface area contributed by atoms with E-state index in [2.05, 4.69) is 15.5 Å². The van der Waals surface area contributed by atoms with Gasteiger partial charge in [-0.05, 0) is 18.6 Å². The molecular formula is C17H20N4O3. The highest BCUT2D eigenvalue weighted by Crippen LogP contribution is 2.43. The van der Waals surface area contributed by atoms with Crippen LogP contribution in [0.2, 0.25) is 0 Å². The minimum Gasteiger partial charge on any atom is -0.381 e. The second kappa shape index (κ2) is 5.59. The van der Waals surface area contributed by atoms with Gasteiger partial charge in [0.15, 0.2) is 0 Å². The number of likely N-dealkylation sites (tertiary alicyclic amines) is 1. The number of carbonyl (C=O) groups excluding carboxylic acids is 2. The van der Waals surface area contributed by atoms with Crippen molar-refractivity contribution < 1.29 is 14.3 Å². The zero-order valence-electron chi connectivity index (χ0n) is 13.5. The van der Waals surface area contributed by atoms with Gasteiger partial charge >= 0.3 is 0 Å². The molecule has 4 rings (SSSR count). The van der Waals surface area contributed by atoms with Crippen LogP contribution in [-0.4, -0.2) is 60.3 Å². The van der Waals surface area contributed by atoms with Gasteiger partial charge in [0, 0.05) is 38.0 Å². The van der Waals surface area contributed by atoms with Crippen molar-refractivity contribution in [1.82, 2.24) is 20.4 Å². The Morgan fingerprint density at radius 2 is 2.33 bits per heavy atom. The van der Waals surface area contributed by atoms with Crippen LogP contribution in [0.3, 0.4) is 0 Å². The lowest BCUT2D eigenvalue weighted by Gasteiger charge is -2.36. The van der Waals surface area contributed by atoms with Crippen molar-refractivity contribution >= 4 is 22.7 Å². The second-order valence-electron chi connectivity index (χ2n) is 6.58. The van der Waals surface area contributed by atoms with Crippen LogP contribution in [0.25, 0.3) is 10.9 Å². The lowest BCUT2D eigenvalue weighted by Crippen LogP contribution is -2.49. The fourth-order valence-corrected chi connectivity index (χ4v) is 4.05. The summed E-state index contributed by atoms with van der Waals surface area (Å²) in [7, 11) is 1.65. The van der Waals surface area contributed by atoms with Crippen LogP contribution >= 0.6 is 0 Å². The molecule has 24 heavy (non-hydrogen) atoms. The number of H-pyrrole nitrogens is 1. The Labute approximate surface area is 139 Å². The van der Waals surface area contributed by atoms with Crippen molar-refractivity contribution in [2.45, 2.75) is 6.42 Å². The largest absolute Gasteiger partial charge is 0.381 e. The lowest BCUT2D eigenvalue weighted by molar-refractivity contribution is -0.138. The molecule has 0 saturated carbocycles. The van der Waals surface area contributed by atoms with E-state index in [1.807, 2.05) is 18.2 Å². The summed E-state index contributed by atoms with van der Waals surface area (Å²) < 4.78 is 5.56. The quantitative estimate of drug-likeness (QED) is 0.853. The van der Waals surface area contributed by atoms with E-state index in [1.165, 1.54) is 0 Å². The van der Waals surface area contributed by atoms with Crippen LogP contribution in [0.5, 0.6) is 0 Å². The Morgan fingerprint density at radius 1 is 1.46 bits per heavy atom. The van der Waals surface area contributed by atoms with Gasteiger partial charge in [-0.1, -0.05) is 6.07 Å². The molecule has 1 aromatic carbocycles. The highest BCUT2D eigenvalue weighted by Gasteiger charge is 2.54. The first-order valence-electron chi connectivity index (χ1n) is 8.17. The van der Waals surface area contributed by atoms with Gasteiger partial charge in [-0.15, -0.1) is 0 Å². The van der Waals surface area contributed by atoms with Gasteiger partial charge < -0.3 is 15.0 Å². The summed E-state index contributed by atoms with van der Waals surface area (Å²) in [5.41, 5.74) is 0.919. The molecule has 0 unspecified atom stereocenters. The van der Waals surface area contributed by atoms with Crippen molar-refractivity contribution in [3.05, 3.63) is 30.0 Å². The fourth-order valence-electron chi connectivity index (χ4n) is 4.05. The third-order valence-corrected chi connectivity index (χ3v) is 5.39. The zero-order valence-corrected chi connectivity index (χ0v) is 13.5. The number of fused-ring (bicyclic) bond motifs is 2. The average Bonchev–Trinajstić information content (AvgIpc) is 3.24. The van der Waals surface area contributed by atoms with Crippen molar-refractivity contribution in [2.75, 3.05) is 33.4 Å². The lowest BCUT2D eigenvalue weighted by atomic mass is 9.73. The van der Waals surface area contributed by atoms with E-state index in [9.17, 15) is 9.59 Å². The number of ether oxygens (including phenoxy) is 1. The van der Waals surface area contributed by atoms with Crippen molar-refractivity contribution in [3.8, 4) is 0 Å². The molecule has 3 heterocycles. The van der Waals surface area contributed by atoms with E-state index < -0.39 is 5.41 Å². The molecule has 7 nitrogen and oxygen atoms in total. The maximum absolute atomic E-state index is 13.1. The molecular weight excluding hydrogens is 308 g/mol. The van der Waals surface area contributed by atoms with E-state index in [0.29, 0.717) is 38.3 Å². The summed E-state index contributed by atoms with van der Waals surface area (Å²) in [6.07, 6.45) is 2.32. The van der Waals surface area contributed by atoms with E-state index >= 15 is 0 Å². The molecule has 2 fully saturated rings. The molecule has 2 aliphatic rings. The molecule has 2 N–H and O–H groups in total. The number of hydrogen-bond donors (Lipinski definition) is 2.